The molecule has 1 heterocycles. The Morgan fingerprint density at radius 1 is 1.60 bits per heavy atom. The van der Waals surface area contributed by atoms with E-state index in [1.807, 2.05) is 6.07 Å². The van der Waals surface area contributed by atoms with Gasteiger partial charge in [-0.3, -0.25) is 9.78 Å². The summed E-state index contributed by atoms with van der Waals surface area (Å²) in [5.41, 5.74) is 8.80. The second-order valence-corrected chi connectivity index (χ2v) is 3.95. The van der Waals surface area contributed by atoms with Crippen molar-refractivity contribution >= 4 is 5.97 Å². The summed E-state index contributed by atoms with van der Waals surface area (Å²) in [5.74, 6) is -0.963. The molecule has 0 saturated heterocycles. The van der Waals surface area contributed by atoms with E-state index >= 15 is 0 Å². The summed E-state index contributed by atoms with van der Waals surface area (Å²) in [6.45, 7) is 0. The molecule has 0 spiro atoms. The standard InChI is InChI=1S/C11H14N2O2/c12-9(11(14)15)5-7-4-8-2-1-3-10(8)13-6-7/h4,6,9H,1-3,5,12H2,(H,14,15). The molecule has 4 nitrogen and oxygen atoms in total. The first kappa shape index (κ1) is 10.1. The molecule has 80 valence electrons. The number of hydrogen-bond acceptors (Lipinski definition) is 3. The van der Waals surface area contributed by atoms with E-state index in [0.29, 0.717) is 6.42 Å². The summed E-state index contributed by atoms with van der Waals surface area (Å²) in [4.78, 5) is 14.9. The van der Waals surface area contributed by atoms with Crippen LogP contribution in [-0.2, 0) is 24.1 Å². The van der Waals surface area contributed by atoms with Gasteiger partial charge in [-0.25, -0.2) is 0 Å². The molecule has 1 unspecified atom stereocenters. The Morgan fingerprint density at radius 2 is 2.40 bits per heavy atom. The van der Waals surface area contributed by atoms with Crippen molar-refractivity contribution < 1.29 is 9.90 Å². The van der Waals surface area contributed by atoms with Gasteiger partial charge in [-0.15, -0.1) is 0 Å². The Balaban J connectivity index is 2.13. The summed E-state index contributed by atoms with van der Waals surface area (Å²) in [6.07, 6.45) is 5.35. The average Bonchev–Trinajstić information content (AvgIpc) is 2.64. The first-order chi connectivity index (χ1) is 7.16. The molecule has 0 aromatic carbocycles. The largest absolute Gasteiger partial charge is 0.480 e. The van der Waals surface area contributed by atoms with Crippen molar-refractivity contribution in [1.29, 1.82) is 0 Å². The minimum Gasteiger partial charge on any atom is -0.480 e. The van der Waals surface area contributed by atoms with Crippen molar-refractivity contribution in [3.05, 3.63) is 29.1 Å². The molecule has 0 bridgehead atoms. The fourth-order valence-electron chi connectivity index (χ4n) is 1.93. The summed E-state index contributed by atoms with van der Waals surface area (Å²) < 4.78 is 0. The van der Waals surface area contributed by atoms with E-state index < -0.39 is 12.0 Å². The van der Waals surface area contributed by atoms with E-state index in [1.54, 1.807) is 6.20 Å². The number of nitrogens with two attached hydrogens (primary N) is 1. The number of hydrogen-bond donors (Lipinski definition) is 2. The second-order valence-electron chi connectivity index (χ2n) is 3.95. The van der Waals surface area contributed by atoms with Gasteiger partial charge >= 0.3 is 5.97 Å². The van der Waals surface area contributed by atoms with Crippen molar-refractivity contribution in [1.82, 2.24) is 4.98 Å². The first-order valence-electron chi connectivity index (χ1n) is 5.12. The van der Waals surface area contributed by atoms with E-state index in [0.717, 1.165) is 30.5 Å². The van der Waals surface area contributed by atoms with Gasteiger partial charge in [0.25, 0.3) is 0 Å². The fraction of sp³-hybridized carbons (Fsp3) is 0.455. The zero-order chi connectivity index (χ0) is 10.8. The first-order valence-corrected chi connectivity index (χ1v) is 5.12. The lowest BCUT2D eigenvalue weighted by molar-refractivity contribution is -0.138. The number of nitrogens with zero attached hydrogens (tertiary/aromatic N) is 1. The van der Waals surface area contributed by atoms with Crippen LogP contribution in [0.2, 0.25) is 0 Å². The Hall–Kier alpha value is -1.42. The topological polar surface area (TPSA) is 76.2 Å². The molecule has 1 aliphatic carbocycles. The average molecular weight is 206 g/mol. The van der Waals surface area contributed by atoms with Crippen molar-refractivity contribution in [2.75, 3.05) is 0 Å². The van der Waals surface area contributed by atoms with Gasteiger partial charge in [-0.2, -0.15) is 0 Å². The summed E-state index contributed by atoms with van der Waals surface area (Å²) >= 11 is 0. The van der Waals surface area contributed by atoms with Crippen LogP contribution in [-0.4, -0.2) is 22.1 Å². The van der Waals surface area contributed by atoms with Gasteiger partial charge in [0, 0.05) is 11.9 Å². The monoisotopic (exact) mass is 206 g/mol. The number of pyridine rings is 1. The van der Waals surface area contributed by atoms with Crippen LogP contribution in [0.1, 0.15) is 23.2 Å². The normalized spacial score (nSPS) is 16.1. The van der Waals surface area contributed by atoms with Crippen LogP contribution in [0.5, 0.6) is 0 Å². The maximum Gasteiger partial charge on any atom is 0.320 e. The Labute approximate surface area is 88.1 Å². The minimum atomic E-state index is -0.963. The van der Waals surface area contributed by atoms with Gasteiger partial charge in [-0.05, 0) is 36.8 Å². The zero-order valence-corrected chi connectivity index (χ0v) is 8.44. The number of carbonyl (C=O) groups is 1. The van der Waals surface area contributed by atoms with E-state index in [9.17, 15) is 4.79 Å². The molecular formula is C11H14N2O2. The van der Waals surface area contributed by atoms with Crippen LogP contribution in [0.15, 0.2) is 12.3 Å². The van der Waals surface area contributed by atoms with Crippen molar-refractivity contribution in [2.24, 2.45) is 5.73 Å². The number of carboxylic acids is 1. The number of fused-ring (bicyclic) bond motifs is 1. The highest BCUT2D eigenvalue weighted by Gasteiger charge is 2.16. The van der Waals surface area contributed by atoms with Gasteiger partial charge in [-0.1, -0.05) is 6.07 Å². The summed E-state index contributed by atoms with van der Waals surface area (Å²) in [7, 11) is 0. The van der Waals surface area contributed by atoms with Crippen LogP contribution >= 0.6 is 0 Å². The number of aryl methyl sites for hydroxylation is 2. The molecule has 0 amide bonds. The maximum absolute atomic E-state index is 10.6. The molecule has 0 aliphatic heterocycles. The van der Waals surface area contributed by atoms with Crippen LogP contribution in [0.25, 0.3) is 0 Å². The van der Waals surface area contributed by atoms with E-state index in [2.05, 4.69) is 4.98 Å². The molecule has 4 heteroatoms. The van der Waals surface area contributed by atoms with Gasteiger partial charge in [0.05, 0.1) is 0 Å². The smallest absolute Gasteiger partial charge is 0.320 e. The van der Waals surface area contributed by atoms with Crippen molar-refractivity contribution in [3.8, 4) is 0 Å². The highest BCUT2D eigenvalue weighted by atomic mass is 16.4. The third kappa shape index (κ3) is 2.15. The molecule has 1 atom stereocenters. The Morgan fingerprint density at radius 3 is 3.13 bits per heavy atom. The third-order valence-corrected chi connectivity index (χ3v) is 2.75. The second kappa shape index (κ2) is 3.98. The molecular weight excluding hydrogens is 192 g/mol. The molecule has 1 aromatic rings. The lowest BCUT2D eigenvalue weighted by atomic mass is 10.1. The van der Waals surface area contributed by atoms with Crippen molar-refractivity contribution in [2.45, 2.75) is 31.7 Å². The van der Waals surface area contributed by atoms with Gasteiger partial charge in [0.15, 0.2) is 0 Å². The third-order valence-electron chi connectivity index (χ3n) is 2.75. The molecule has 15 heavy (non-hydrogen) atoms. The predicted octanol–water partition coefficient (Wildman–Crippen LogP) is 0.525. The maximum atomic E-state index is 10.6. The van der Waals surface area contributed by atoms with E-state index in [4.69, 9.17) is 10.8 Å². The zero-order valence-electron chi connectivity index (χ0n) is 8.44. The molecule has 3 N–H and O–H groups in total. The Bertz CT molecular complexity index is 390. The van der Waals surface area contributed by atoms with Gasteiger partial charge < -0.3 is 10.8 Å². The van der Waals surface area contributed by atoms with Crippen molar-refractivity contribution in [3.63, 3.8) is 0 Å². The molecule has 0 saturated carbocycles. The van der Waals surface area contributed by atoms with Crippen LogP contribution in [0.4, 0.5) is 0 Å². The number of rotatable bonds is 3. The molecule has 1 aliphatic rings. The SMILES string of the molecule is NC(Cc1cnc2c(c1)CCC2)C(=O)O. The van der Waals surface area contributed by atoms with Crippen LogP contribution < -0.4 is 5.73 Å². The molecule has 0 fully saturated rings. The quantitative estimate of drug-likeness (QED) is 0.756. The molecule has 0 radical (unpaired) electrons. The highest BCUT2D eigenvalue weighted by Crippen LogP contribution is 2.20. The number of carboxylic acid groups (broad SMARTS) is 1. The fourth-order valence-corrected chi connectivity index (χ4v) is 1.93. The summed E-state index contributed by atoms with van der Waals surface area (Å²) in [5, 5.41) is 8.69. The Kier molecular flexibility index (Phi) is 2.68. The van der Waals surface area contributed by atoms with E-state index in [-0.39, 0.29) is 0 Å². The summed E-state index contributed by atoms with van der Waals surface area (Å²) in [6, 6.07) is 1.21. The highest BCUT2D eigenvalue weighted by molar-refractivity contribution is 5.73. The van der Waals surface area contributed by atoms with Crippen LogP contribution in [0.3, 0.4) is 0 Å². The number of aliphatic carboxylic acids is 1. The molecule has 1 aromatic heterocycles. The predicted molar refractivity (Wildman–Crippen MR) is 55.6 cm³/mol. The number of aromatic nitrogens is 1. The minimum absolute atomic E-state index is 0.357. The van der Waals surface area contributed by atoms with Gasteiger partial charge in [0.2, 0.25) is 0 Å². The lowest BCUT2D eigenvalue weighted by Crippen LogP contribution is -2.32. The molecule has 2 rings (SSSR count). The van der Waals surface area contributed by atoms with Crippen LogP contribution in [0, 0.1) is 0 Å². The van der Waals surface area contributed by atoms with E-state index in [1.165, 1.54) is 5.56 Å². The lowest BCUT2D eigenvalue weighted by Gasteiger charge is -2.07. The van der Waals surface area contributed by atoms with Gasteiger partial charge in [0.1, 0.15) is 6.04 Å².